The highest BCUT2D eigenvalue weighted by Crippen LogP contribution is 2.33. The molecule has 0 atom stereocenters. The van der Waals surface area contributed by atoms with Crippen molar-refractivity contribution in [2.45, 2.75) is 19.8 Å². The Morgan fingerprint density at radius 1 is 1.32 bits per heavy atom. The molecule has 0 radical (unpaired) electrons. The highest BCUT2D eigenvalue weighted by molar-refractivity contribution is 6.04. The number of fused-ring (bicyclic) bond motifs is 1. The second kappa shape index (κ2) is 7.78. The van der Waals surface area contributed by atoms with E-state index in [1.807, 2.05) is 0 Å². The van der Waals surface area contributed by atoms with Gasteiger partial charge in [0.2, 0.25) is 5.91 Å². The van der Waals surface area contributed by atoms with Crippen molar-refractivity contribution in [2.75, 3.05) is 31.6 Å². The number of benzene rings is 1. The number of anilines is 1. The molecule has 0 aliphatic carbocycles. The van der Waals surface area contributed by atoms with Crippen molar-refractivity contribution in [2.24, 2.45) is 0 Å². The summed E-state index contributed by atoms with van der Waals surface area (Å²) in [7, 11) is 1.48. The Hall–Kier alpha value is -2.90. The molecule has 2 rings (SSSR count). The maximum Gasteiger partial charge on any atom is 0.305 e. The molecular weight excluding hydrogens is 328 g/mol. The number of hydrogen-bond acceptors (Lipinski definition) is 5. The summed E-state index contributed by atoms with van der Waals surface area (Å²) in [5.41, 5.74) is 0.812. The van der Waals surface area contributed by atoms with Crippen LogP contribution in [0.2, 0.25) is 0 Å². The predicted molar refractivity (Wildman–Crippen MR) is 88.8 cm³/mol. The van der Waals surface area contributed by atoms with Crippen LogP contribution in [0.1, 0.15) is 30.1 Å². The molecule has 8 nitrogen and oxygen atoms in total. The Morgan fingerprint density at radius 2 is 2.04 bits per heavy atom. The van der Waals surface area contributed by atoms with Crippen molar-refractivity contribution in [3.8, 4) is 5.75 Å². The van der Waals surface area contributed by atoms with E-state index in [1.165, 1.54) is 16.8 Å². The van der Waals surface area contributed by atoms with E-state index in [-0.39, 0.29) is 31.9 Å². The number of nitrogens with zero attached hydrogens (tertiary/aromatic N) is 2. The largest absolute Gasteiger partial charge is 0.482 e. The Balaban J connectivity index is 2.21. The van der Waals surface area contributed by atoms with Gasteiger partial charge in [-0.2, -0.15) is 0 Å². The zero-order valence-electron chi connectivity index (χ0n) is 14.2. The number of hydrogen-bond donors (Lipinski definition) is 1. The first-order valence-electron chi connectivity index (χ1n) is 7.89. The first-order valence-corrected chi connectivity index (χ1v) is 7.89. The molecule has 0 saturated carbocycles. The van der Waals surface area contributed by atoms with Crippen LogP contribution < -0.4 is 9.64 Å². The van der Waals surface area contributed by atoms with Crippen molar-refractivity contribution in [1.82, 2.24) is 4.90 Å². The second-order valence-corrected chi connectivity index (χ2v) is 5.69. The highest BCUT2D eigenvalue weighted by Gasteiger charge is 2.29. The van der Waals surface area contributed by atoms with Gasteiger partial charge in [-0.25, -0.2) is 0 Å². The average Bonchev–Trinajstić information content (AvgIpc) is 2.60. The van der Waals surface area contributed by atoms with Crippen LogP contribution in [0.15, 0.2) is 18.2 Å². The minimum Gasteiger partial charge on any atom is -0.482 e. The zero-order chi connectivity index (χ0) is 18.6. The minimum atomic E-state index is -1.00. The lowest BCUT2D eigenvalue weighted by atomic mass is 10.1. The number of aliphatic carboxylic acids is 1. The van der Waals surface area contributed by atoms with Crippen LogP contribution in [-0.4, -0.2) is 60.3 Å². The molecule has 1 N–H and O–H groups in total. The molecule has 134 valence electrons. The lowest BCUT2D eigenvalue weighted by molar-refractivity contribution is -0.138. The first kappa shape index (κ1) is 18.4. The average molecular weight is 348 g/mol. The molecule has 1 aliphatic rings. The number of rotatable bonds is 7. The Kier molecular flexibility index (Phi) is 5.74. The highest BCUT2D eigenvalue weighted by atomic mass is 16.5. The third-order valence-corrected chi connectivity index (χ3v) is 3.93. The van der Waals surface area contributed by atoms with Crippen molar-refractivity contribution in [1.29, 1.82) is 0 Å². The second-order valence-electron chi connectivity index (χ2n) is 5.69. The van der Waals surface area contributed by atoms with Crippen molar-refractivity contribution >= 4 is 29.3 Å². The minimum absolute atomic E-state index is 0.0495. The van der Waals surface area contributed by atoms with Crippen LogP contribution in [0.4, 0.5) is 5.69 Å². The fraction of sp³-hybridized carbons (Fsp3) is 0.412. The van der Waals surface area contributed by atoms with E-state index >= 15 is 0 Å². The Morgan fingerprint density at radius 3 is 2.68 bits per heavy atom. The third kappa shape index (κ3) is 4.34. The quantitative estimate of drug-likeness (QED) is 0.735. The van der Waals surface area contributed by atoms with Gasteiger partial charge in [-0.1, -0.05) is 6.92 Å². The summed E-state index contributed by atoms with van der Waals surface area (Å²) in [5.74, 6) is -1.45. The molecule has 1 heterocycles. The van der Waals surface area contributed by atoms with Crippen molar-refractivity contribution < 1.29 is 29.0 Å². The van der Waals surface area contributed by atoms with E-state index in [0.29, 0.717) is 23.4 Å². The van der Waals surface area contributed by atoms with Crippen molar-refractivity contribution in [3.05, 3.63) is 23.8 Å². The summed E-state index contributed by atoms with van der Waals surface area (Å²) in [6.07, 6.45) is 0.148. The van der Waals surface area contributed by atoms with E-state index in [0.717, 1.165) is 0 Å². The van der Waals surface area contributed by atoms with Crippen molar-refractivity contribution in [3.63, 3.8) is 0 Å². The van der Waals surface area contributed by atoms with Gasteiger partial charge < -0.3 is 14.7 Å². The van der Waals surface area contributed by atoms with Gasteiger partial charge in [0.1, 0.15) is 12.3 Å². The number of carboxylic acid groups (broad SMARTS) is 1. The fourth-order valence-corrected chi connectivity index (χ4v) is 2.40. The topological polar surface area (TPSA) is 104 Å². The molecule has 0 fully saturated rings. The van der Waals surface area contributed by atoms with Crippen LogP contribution in [0.25, 0.3) is 0 Å². The van der Waals surface area contributed by atoms with Gasteiger partial charge in [0.15, 0.2) is 12.4 Å². The summed E-state index contributed by atoms with van der Waals surface area (Å²) in [5, 5.41) is 8.69. The molecule has 2 amide bonds. The lowest BCUT2D eigenvalue weighted by Crippen LogP contribution is -2.46. The number of likely N-dealkylation sites (N-methyl/N-ethyl adjacent to an activating group) is 1. The molecule has 1 aromatic rings. The summed E-state index contributed by atoms with van der Waals surface area (Å²) < 4.78 is 5.35. The maximum atomic E-state index is 12.3. The summed E-state index contributed by atoms with van der Waals surface area (Å²) in [6.45, 7) is 1.35. The molecule has 0 bridgehead atoms. The van der Waals surface area contributed by atoms with E-state index < -0.39 is 17.8 Å². The van der Waals surface area contributed by atoms with E-state index in [2.05, 4.69) is 0 Å². The third-order valence-electron chi connectivity index (χ3n) is 3.93. The number of carbonyl (C=O) groups is 4. The maximum absolute atomic E-state index is 12.3. The number of carboxylic acids is 1. The smallest absolute Gasteiger partial charge is 0.305 e. The number of Topliss-reactive ketones (excluding diaryl/α,β-unsaturated/α-hetero) is 1. The summed E-state index contributed by atoms with van der Waals surface area (Å²) in [4.78, 5) is 49.5. The lowest BCUT2D eigenvalue weighted by Gasteiger charge is -2.30. The van der Waals surface area contributed by atoms with E-state index in [9.17, 15) is 19.2 Å². The van der Waals surface area contributed by atoms with E-state index in [4.69, 9.17) is 9.84 Å². The molecular formula is C17H20N2O6. The Bertz CT molecular complexity index is 715. The number of amides is 2. The Labute approximate surface area is 145 Å². The van der Waals surface area contributed by atoms with Gasteiger partial charge in [0.05, 0.1) is 12.1 Å². The van der Waals surface area contributed by atoms with Gasteiger partial charge in [0, 0.05) is 25.6 Å². The summed E-state index contributed by atoms with van der Waals surface area (Å²) >= 11 is 0. The zero-order valence-corrected chi connectivity index (χ0v) is 14.2. The molecule has 25 heavy (non-hydrogen) atoms. The van der Waals surface area contributed by atoms with Crippen LogP contribution in [0.5, 0.6) is 5.75 Å². The number of ether oxygens (including phenoxy) is 1. The number of carbonyl (C=O) groups excluding carboxylic acids is 3. The van der Waals surface area contributed by atoms with Gasteiger partial charge in [-0.15, -0.1) is 0 Å². The predicted octanol–water partition coefficient (Wildman–Crippen LogP) is 0.938. The molecule has 1 aliphatic heterocycles. The molecule has 0 saturated heterocycles. The first-order chi connectivity index (χ1) is 11.8. The van der Waals surface area contributed by atoms with E-state index in [1.54, 1.807) is 25.1 Å². The molecule has 8 heteroatoms. The number of ketones is 1. The summed E-state index contributed by atoms with van der Waals surface area (Å²) in [6, 6.07) is 4.78. The van der Waals surface area contributed by atoms with Crippen LogP contribution >= 0.6 is 0 Å². The fourth-order valence-electron chi connectivity index (χ4n) is 2.40. The molecule has 0 aromatic heterocycles. The van der Waals surface area contributed by atoms with Gasteiger partial charge in [-0.05, 0) is 18.2 Å². The van der Waals surface area contributed by atoms with Crippen LogP contribution in [0.3, 0.4) is 0 Å². The van der Waals surface area contributed by atoms with Crippen LogP contribution in [0, 0.1) is 0 Å². The van der Waals surface area contributed by atoms with Gasteiger partial charge in [0.25, 0.3) is 5.91 Å². The molecule has 0 spiro atoms. The standard InChI is InChI=1S/C17H20N2O6/c1-3-13(20)11-4-5-14-12(8-11)19(16(22)10-25-14)9-15(21)18(2)7-6-17(23)24/h4-5,8H,3,6-7,9-10H2,1-2H3,(H,23,24). The molecule has 0 unspecified atom stereocenters. The SMILES string of the molecule is CCC(=O)c1ccc2c(c1)N(CC(=O)N(C)CCC(=O)O)C(=O)CO2. The molecule has 1 aromatic carbocycles. The van der Waals surface area contributed by atoms with Crippen LogP contribution in [-0.2, 0) is 14.4 Å². The van der Waals surface area contributed by atoms with Gasteiger partial charge >= 0.3 is 5.97 Å². The monoisotopic (exact) mass is 348 g/mol. The normalized spacial score (nSPS) is 13.0. The van der Waals surface area contributed by atoms with Gasteiger partial charge in [-0.3, -0.25) is 24.1 Å².